The molecule has 1 fully saturated rings. The molecule has 0 unspecified atom stereocenters. The molecule has 0 saturated heterocycles. The number of hydrogen-bond acceptors (Lipinski definition) is 2. The van der Waals surface area contributed by atoms with Crippen molar-refractivity contribution in [2.24, 2.45) is 11.7 Å². The van der Waals surface area contributed by atoms with Crippen molar-refractivity contribution in [2.45, 2.75) is 45.1 Å². The average Bonchev–Trinajstić information content (AvgIpc) is 2.05. The highest BCUT2D eigenvalue weighted by atomic mass is 16.5. The van der Waals surface area contributed by atoms with Gasteiger partial charge in [0.2, 0.25) is 0 Å². The van der Waals surface area contributed by atoms with Gasteiger partial charge in [-0.3, -0.25) is 0 Å². The molecule has 1 rings (SSSR count). The van der Waals surface area contributed by atoms with E-state index in [9.17, 15) is 0 Å². The Morgan fingerprint density at radius 2 is 2.00 bits per heavy atom. The molecule has 1 saturated carbocycles. The quantitative estimate of drug-likeness (QED) is 0.701. The smallest absolute Gasteiger partial charge is 0.0614 e. The predicted octanol–water partition coefficient (Wildman–Crippen LogP) is 1.93. The first-order chi connectivity index (χ1) is 5.79. The summed E-state index contributed by atoms with van der Waals surface area (Å²) < 4.78 is 5.51. The molecule has 0 aromatic rings. The van der Waals surface area contributed by atoms with Gasteiger partial charge in [0.1, 0.15) is 0 Å². The van der Waals surface area contributed by atoms with Gasteiger partial charge in [0.15, 0.2) is 0 Å². The largest absolute Gasteiger partial charge is 0.380 e. The second-order valence-corrected chi connectivity index (χ2v) is 4.02. The van der Waals surface area contributed by atoms with Gasteiger partial charge in [-0.1, -0.05) is 19.3 Å². The van der Waals surface area contributed by atoms with Crippen LogP contribution in [0.2, 0.25) is 0 Å². The van der Waals surface area contributed by atoms with Crippen LogP contribution in [0.5, 0.6) is 0 Å². The summed E-state index contributed by atoms with van der Waals surface area (Å²) in [5.41, 5.74) is 5.58. The van der Waals surface area contributed by atoms with Crippen LogP contribution in [0.4, 0.5) is 0 Å². The van der Waals surface area contributed by atoms with Gasteiger partial charge in [-0.15, -0.1) is 0 Å². The van der Waals surface area contributed by atoms with Crippen LogP contribution in [-0.4, -0.2) is 19.3 Å². The van der Waals surface area contributed by atoms with Crippen molar-refractivity contribution in [3.05, 3.63) is 0 Å². The Balaban J connectivity index is 1.98. The summed E-state index contributed by atoms with van der Waals surface area (Å²) in [5, 5.41) is 0. The van der Waals surface area contributed by atoms with Crippen molar-refractivity contribution in [3.63, 3.8) is 0 Å². The molecule has 72 valence electrons. The topological polar surface area (TPSA) is 35.2 Å². The van der Waals surface area contributed by atoms with E-state index in [1.165, 1.54) is 32.1 Å². The van der Waals surface area contributed by atoms with E-state index in [0.717, 1.165) is 19.1 Å². The van der Waals surface area contributed by atoms with Crippen molar-refractivity contribution in [2.75, 3.05) is 13.2 Å². The van der Waals surface area contributed by atoms with Crippen molar-refractivity contribution in [1.82, 2.24) is 0 Å². The van der Waals surface area contributed by atoms with E-state index in [0.29, 0.717) is 0 Å². The second kappa shape index (κ2) is 5.55. The zero-order valence-corrected chi connectivity index (χ0v) is 8.09. The van der Waals surface area contributed by atoms with Gasteiger partial charge >= 0.3 is 0 Å². The Morgan fingerprint density at radius 1 is 1.33 bits per heavy atom. The molecule has 2 nitrogen and oxygen atoms in total. The van der Waals surface area contributed by atoms with E-state index < -0.39 is 0 Å². The number of hydrogen-bond donors (Lipinski definition) is 1. The summed E-state index contributed by atoms with van der Waals surface area (Å²) in [6.45, 7) is 3.64. The first-order valence-corrected chi connectivity index (χ1v) is 5.12. The van der Waals surface area contributed by atoms with Crippen molar-refractivity contribution < 1.29 is 4.74 Å². The third-order valence-electron chi connectivity index (χ3n) is 2.46. The molecule has 0 heterocycles. The molecule has 0 bridgehead atoms. The molecule has 0 aliphatic heterocycles. The third kappa shape index (κ3) is 4.07. The summed E-state index contributed by atoms with van der Waals surface area (Å²) >= 11 is 0. The Morgan fingerprint density at radius 3 is 2.58 bits per heavy atom. The lowest BCUT2D eigenvalue weighted by atomic mass is 9.90. The Labute approximate surface area is 75.5 Å². The van der Waals surface area contributed by atoms with Gasteiger partial charge in [0.05, 0.1) is 6.61 Å². The monoisotopic (exact) mass is 171 g/mol. The molecule has 1 aliphatic rings. The van der Waals surface area contributed by atoms with Crippen LogP contribution in [0, 0.1) is 5.92 Å². The Hall–Kier alpha value is -0.0800. The van der Waals surface area contributed by atoms with Crippen LogP contribution in [0.1, 0.15) is 39.0 Å². The lowest BCUT2D eigenvalue weighted by molar-refractivity contribution is 0.0785. The number of ether oxygens (including phenoxy) is 1. The fraction of sp³-hybridized carbons (Fsp3) is 1.00. The van der Waals surface area contributed by atoms with E-state index in [4.69, 9.17) is 10.5 Å². The van der Waals surface area contributed by atoms with E-state index in [-0.39, 0.29) is 6.04 Å². The summed E-state index contributed by atoms with van der Waals surface area (Å²) in [4.78, 5) is 0. The molecular weight excluding hydrogens is 150 g/mol. The normalized spacial score (nSPS) is 22.5. The highest BCUT2D eigenvalue weighted by Gasteiger charge is 2.13. The lowest BCUT2D eigenvalue weighted by Crippen LogP contribution is -2.24. The highest BCUT2D eigenvalue weighted by Crippen LogP contribution is 2.23. The zero-order valence-electron chi connectivity index (χ0n) is 8.09. The average molecular weight is 171 g/mol. The van der Waals surface area contributed by atoms with Gasteiger partial charge in [-0.05, 0) is 25.7 Å². The van der Waals surface area contributed by atoms with Gasteiger partial charge < -0.3 is 10.5 Å². The summed E-state index contributed by atoms with van der Waals surface area (Å²) in [6.07, 6.45) is 6.93. The standard InChI is InChI=1S/C10H21NO/c1-9(11)7-12-8-10-5-3-2-4-6-10/h9-10H,2-8,11H2,1H3/t9-/m1/s1. The lowest BCUT2D eigenvalue weighted by Gasteiger charge is -2.21. The van der Waals surface area contributed by atoms with Gasteiger partial charge in [-0.25, -0.2) is 0 Å². The van der Waals surface area contributed by atoms with Crippen molar-refractivity contribution in [1.29, 1.82) is 0 Å². The molecule has 0 aromatic heterocycles. The molecule has 12 heavy (non-hydrogen) atoms. The van der Waals surface area contributed by atoms with Crippen LogP contribution in [-0.2, 0) is 4.74 Å². The van der Waals surface area contributed by atoms with Crippen molar-refractivity contribution >= 4 is 0 Å². The van der Waals surface area contributed by atoms with Crippen LogP contribution in [0.3, 0.4) is 0 Å². The molecule has 2 N–H and O–H groups in total. The van der Waals surface area contributed by atoms with Crippen LogP contribution >= 0.6 is 0 Å². The minimum Gasteiger partial charge on any atom is -0.380 e. The Bertz CT molecular complexity index is 108. The fourth-order valence-corrected chi connectivity index (χ4v) is 1.77. The number of rotatable bonds is 4. The SMILES string of the molecule is C[C@@H](N)COCC1CCCCC1. The van der Waals surface area contributed by atoms with E-state index in [2.05, 4.69) is 0 Å². The molecule has 0 spiro atoms. The molecule has 0 aromatic carbocycles. The fourth-order valence-electron chi connectivity index (χ4n) is 1.77. The first-order valence-electron chi connectivity index (χ1n) is 5.12. The van der Waals surface area contributed by atoms with Gasteiger partial charge in [0, 0.05) is 12.6 Å². The van der Waals surface area contributed by atoms with E-state index in [1.54, 1.807) is 0 Å². The van der Waals surface area contributed by atoms with Crippen molar-refractivity contribution in [3.8, 4) is 0 Å². The summed E-state index contributed by atoms with van der Waals surface area (Å²) in [6, 6.07) is 0.189. The maximum Gasteiger partial charge on any atom is 0.0614 e. The minimum absolute atomic E-state index is 0.189. The van der Waals surface area contributed by atoms with Crippen LogP contribution < -0.4 is 5.73 Å². The van der Waals surface area contributed by atoms with Gasteiger partial charge in [0.25, 0.3) is 0 Å². The molecule has 0 amide bonds. The molecule has 1 atom stereocenters. The van der Waals surface area contributed by atoms with E-state index in [1.807, 2.05) is 6.92 Å². The minimum atomic E-state index is 0.189. The maximum atomic E-state index is 5.58. The second-order valence-electron chi connectivity index (χ2n) is 4.02. The summed E-state index contributed by atoms with van der Waals surface area (Å²) in [5.74, 6) is 0.817. The van der Waals surface area contributed by atoms with E-state index >= 15 is 0 Å². The third-order valence-corrected chi connectivity index (χ3v) is 2.46. The van der Waals surface area contributed by atoms with Crippen LogP contribution in [0.15, 0.2) is 0 Å². The first kappa shape index (κ1) is 10.0. The van der Waals surface area contributed by atoms with Gasteiger partial charge in [-0.2, -0.15) is 0 Å². The molecule has 0 radical (unpaired) electrons. The molecular formula is C10H21NO. The molecule has 1 aliphatic carbocycles. The maximum absolute atomic E-state index is 5.58. The summed E-state index contributed by atoms with van der Waals surface area (Å²) in [7, 11) is 0. The zero-order chi connectivity index (χ0) is 8.81. The highest BCUT2D eigenvalue weighted by molar-refractivity contribution is 4.65. The number of nitrogens with two attached hydrogens (primary N) is 1. The predicted molar refractivity (Wildman–Crippen MR) is 51.0 cm³/mol. The Kier molecular flexibility index (Phi) is 4.62. The van der Waals surface area contributed by atoms with Crippen LogP contribution in [0.25, 0.3) is 0 Å². The molecule has 2 heteroatoms.